The normalized spacial score (nSPS) is 19.7. The topological polar surface area (TPSA) is 50.7 Å². The predicted molar refractivity (Wildman–Crippen MR) is 70.0 cm³/mol. The monoisotopic (exact) mass is 251 g/mol. The molecule has 1 atom stereocenters. The Labute approximate surface area is 108 Å². The van der Waals surface area contributed by atoms with E-state index in [-0.39, 0.29) is 0 Å². The Morgan fingerprint density at radius 2 is 2.33 bits per heavy atom. The summed E-state index contributed by atoms with van der Waals surface area (Å²) >= 11 is 0. The van der Waals surface area contributed by atoms with Gasteiger partial charge in [0.1, 0.15) is 11.5 Å². The lowest BCUT2D eigenvalue weighted by Crippen LogP contribution is -2.31. The van der Waals surface area contributed by atoms with Gasteiger partial charge in [-0.05, 0) is 37.5 Å². The highest BCUT2D eigenvalue weighted by atomic mass is 16.5. The first-order valence-electron chi connectivity index (χ1n) is 6.48. The number of methoxy groups -OCH3 is 1. The van der Waals surface area contributed by atoms with Gasteiger partial charge < -0.3 is 19.9 Å². The molecule has 1 fully saturated rings. The molecule has 1 aromatic carbocycles. The van der Waals surface area contributed by atoms with Crippen molar-refractivity contribution in [2.45, 2.75) is 31.9 Å². The van der Waals surface area contributed by atoms with Crippen LogP contribution >= 0.6 is 0 Å². The maximum absolute atomic E-state index is 9.74. The fourth-order valence-electron chi connectivity index (χ4n) is 2.17. The minimum absolute atomic E-state index is 0.299. The van der Waals surface area contributed by atoms with Crippen LogP contribution in [0, 0.1) is 0 Å². The number of hydrogen-bond donors (Lipinski definition) is 2. The van der Waals surface area contributed by atoms with Crippen molar-refractivity contribution < 1.29 is 14.6 Å². The molecule has 18 heavy (non-hydrogen) atoms. The fraction of sp³-hybridized carbons (Fsp3) is 0.571. The van der Waals surface area contributed by atoms with E-state index in [9.17, 15) is 5.11 Å². The molecule has 0 spiro atoms. The Hall–Kier alpha value is -1.26. The van der Waals surface area contributed by atoms with Crippen LogP contribution in [0.1, 0.15) is 24.8 Å². The van der Waals surface area contributed by atoms with E-state index >= 15 is 0 Å². The van der Waals surface area contributed by atoms with Crippen molar-refractivity contribution in [1.29, 1.82) is 0 Å². The Morgan fingerprint density at radius 1 is 1.44 bits per heavy atom. The van der Waals surface area contributed by atoms with E-state index in [0.717, 1.165) is 30.9 Å². The summed E-state index contributed by atoms with van der Waals surface area (Å²) in [6, 6.07) is 5.26. The molecule has 4 nitrogen and oxygen atoms in total. The van der Waals surface area contributed by atoms with Crippen LogP contribution in [0.3, 0.4) is 0 Å². The summed E-state index contributed by atoms with van der Waals surface area (Å²) in [6.07, 6.45) is 3.85. The molecule has 0 amide bonds. The van der Waals surface area contributed by atoms with Crippen LogP contribution in [0.15, 0.2) is 18.2 Å². The summed E-state index contributed by atoms with van der Waals surface area (Å²) < 4.78 is 10.8. The SMILES string of the molecule is COc1ccc(O)c(CNCC2CCCCO2)c1. The van der Waals surface area contributed by atoms with Gasteiger partial charge in [0.25, 0.3) is 0 Å². The van der Waals surface area contributed by atoms with E-state index in [1.807, 2.05) is 6.07 Å². The molecular weight excluding hydrogens is 230 g/mol. The molecule has 1 heterocycles. The van der Waals surface area contributed by atoms with Gasteiger partial charge in [-0.25, -0.2) is 0 Å². The van der Waals surface area contributed by atoms with Crippen molar-refractivity contribution in [2.24, 2.45) is 0 Å². The van der Waals surface area contributed by atoms with E-state index in [4.69, 9.17) is 9.47 Å². The lowest BCUT2D eigenvalue weighted by atomic mass is 10.1. The third-order valence-electron chi connectivity index (χ3n) is 3.25. The highest BCUT2D eigenvalue weighted by Gasteiger charge is 2.13. The van der Waals surface area contributed by atoms with Gasteiger partial charge in [0.15, 0.2) is 0 Å². The van der Waals surface area contributed by atoms with Gasteiger partial charge in [-0.1, -0.05) is 0 Å². The number of ether oxygens (including phenoxy) is 2. The number of aromatic hydroxyl groups is 1. The van der Waals surface area contributed by atoms with E-state index < -0.39 is 0 Å². The van der Waals surface area contributed by atoms with Gasteiger partial charge in [-0.2, -0.15) is 0 Å². The molecule has 1 saturated heterocycles. The summed E-state index contributed by atoms with van der Waals surface area (Å²) in [5.74, 6) is 1.06. The molecule has 2 rings (SSSR count). The zero-order valence-corrected chi connectivity index (χ0v) is 10.8. The highest BCUT2D eigenvalue weighted by Crippen LogP contribution is 2.22. The summed E-state index contributed by atoms with van der Waals surface area (Å²) in [7, 11) is 1.62. The average Bonchev–Trinajstić information content (AvgIpc) is 2.42. The zero-order valence-electron chi connectivity index (χ0n) is 10.8. The van der Waals surface area contributed by atoms with E-state index in [2.05, 4.69) is 5.32 Å². The zero-order chi connectivity index (χ0) is 12.8. The van der Waals surface area contributed by atoms with Gasteiger partial charge in [-0.3, -0.25) is 0 Å². The molecule has 100 valence electrons. The molecule has 1 aromatic rings. The molecule has 1 aliphatic rings. The maximum Gasteiger partial charge on any atom is 0.120 e. The second kappa shape index (κ2) is 6.61. The first kappa shape index (κ1) is 13.2. The fourth-order valence-corrected chi connectivity index (χ4v) is 2.17. The lowest BCUT2D eigenvalue weighted by molar-refractivity contribution is 0.0167. The third-order valence-corrected chi connectivity index (χ3v) is 3.25. The van der Waals surface area contributed by atoms with Crippen LogP contribution in [0.5, 0.6) is 11.5 Å². The van der Waals surface area contributed by atoms with Crippen molar-refractivity contribution >= 4 is 0 Å². The summed E-state index contributed by atoms with van der Waals surface area (Å²) in [5, 5.41) is 13.1. The second-order valence-corrected chi connectivity index (χ2v) is 4.61. The van der Waals surface area contributed by atoms with Crippen molar-refractivity contribution in [1.82, 2.24) is 5.32 Å². The number of phenols is 1. The largest absolute Gasteiger partial charge is 0.508 e. The first-order valence-corrected chi connectivity index (χ1v) is 6.48. The number of phenolic OH excluding ortho intramolecular Hbond substituents is 1. The van der Waals surface area contributed by atoms with Gasteiger partial charge in [0.05, 0.1) is 13.2 Å². The van der Waals surface area contributed by atoms with Gasteiger partial charge >= 0.3 is 0 Å². The summed E-state index contributed by atoms with van der Waals surface area (Å²) in [5.41, 5.74) is 0.852. The molecule has 1 unspecified atom stereocenters. The number of benzene rings is 1. The maximum atomic E-state index is 9.74. The molecule has 0 aliphatic carbocycles. The Bertz CT molecular complexity index is 375. The molecular formula is C14H21NO3. The first-order chi connectivity index (χ1) is 8.79. The van der Waals surface area contributed by atoms with Crippen LogP contribution in [-0.2, 0) is 11.3 Å². The predicted octanol–water partition coefficient (Wildman–Crippen LogP) is 2.06. The van der Waals surface area contributed by atoms with Crippen LogP contribution in [0.25, 0.3) is 0 Å². The van der Waals surface area contributed by atoms with E-state index in [1.165, 1.54) is 12.8 Å². The second-order valence-electron chi connectivity index (χ2n) is 4.61. The van der Waals surface area contributed by atoms with Gasteiger partial charge in [-0.15, -0.1) is 0 Å². The molecule has 2 N–H and O–H groups in total. The van der Waals surface area contributed by atoms with Crippen LogP contribution in [0.4, 0.5) is 0 Å². The van der Waals surface area contributed by atoms with Crippen molar-refractivity contribution in [3.8, 4) is 11.5 Å². The molecule has 0 saturated carbocycles. The van der Waals surface area contributed by atoms with Crippen molar-refractivity contribution in [3.05, 3.63) is 23.8 Å². The van der Waals surface area contributed by atoms with Crippen molar-refractivity contribution in [3.63, 3.8) is 0 Å². The van der Waals surface area contributed by atoms with Crippen molar-refractivity contribution in [2.75, 3.05) is 20.3 Å². The lowest BCUT2D eigenvalue weighted by Gasteiger charge is -2.22. The minimum Gasteiger partial charge on any atom is -0.508 e. The quantitative estimate of drug-likeness (QED) is 0.841. The smallest absolute Gasteiger partial charge is 0.120 e. The van der Waals surface area contributed by atoms with Crippen LogP contribution in [-0.4, -0.2) is 31.5 Å². The van der Waals surface area contributed by atoms with Crippen LogP contribution < -0.4 is 10.1 Å². The number of rotatable bonds is 5. The standard InChI is InChI=1S/C14H21NO3/c1-17-12-5-6-14(16)11(8-12)9-15-10-13-4-2-3-7-18-13/h5-6,8,13,15-16H,2-4,7,9-10H2,1H3. The summed E-state index contributed by atoms with van der Waals surface area (Å²) in [4.78, 5) is 0. The Balaban J connectivity index is 1.81. The highest BCUT2D eigenvalue weighted by molar-refractivity contribution is 5.39. The molecule has 0 bridgehead atoms. The molecule has 1 aliphatic heterocycles. The summed E-state index contributed by atoms with van der Waals surface area (Å²) in [6.45, 7) is 2.33. The molecule has 4 heteroatoms. The van der Waals surface area contributed by atoms with E-state index in [1.54, 1.807) is 19.2 Å². The van der Waals surface area contributed by atoms with Gasteiger partial charge in [0, 0.05) is 25.3 Å². The van der Waals surface area contributed by atoms with Gasteiger partial charge in [0.2, 0.25) is 0 Å². The van der Waals surface area contributed by atoms with Crippen LogP contribution in [0.2, 0.25) is 0 Å². The van der Waals surface area contributed by atoms with E-state index in [0.29, 0.717) is 18.4 Å². The Morgan fingerprint density at radius 3 is 3.06 bits per heavy atom. The minimum atomic E-state index is 0.299. The molecule has 0 radical (unpaired) electrons. The third kappa shape index (κ3) is 3.62. The molecule has 0 aromatic heterocycles. The average molecular weight is 251 g/mol. The number of hydrogen-bond acceptors (Lipinski definition) is 4. The number of nitrogens with one attached hydrogen (secondary N) is 1. The Kier molecular flexibility index (Phi) is 4.84.